The van der Waals surface area contributed by atoms with E-state index in [2.05, 4.69) is 46.0 Å². The first-order valence-electron chi connectivity index (χ1n) is 9.21. The van der Waals surface area contributed by atoms with E-state index in [-0.39, 0.29) is 11.7 Å². The lowest BCUT2D eigenvalue weighted by molar-refractivity contribution is 0.583. The lowest BCUT2D eigenvalue weighted by Crippen LogP contribution is -2.24. The smallest absolute Gasteiger partial charge is 0.205 e. The van der Waals surface area contributed by atoms with Crippen molar-refractivity contribution in [2.24, 2.45) is 10.3 Å². The number of halogens is 1. The first-order valence-corrected chi connectivity index (χ1v) is 15.3. The van der Waals surface area contributed by atoms with E-state index in [0.29, 0.717) is 0 Å². The van der Waals surface area contributed by atoms with E-state index >= 15 is 0 Å². The molecule has 1 aliphatic rings. The quantitative estimate of drug-likeness (QED) is 0.419. The Labute approximate surface area is 162 Å². The van der Waals surface area contributed by atoms with Gasteiger partial charge in [0.05, 0.1) is 5.75 Å². The van der Waals surface area contributed by atoms with Gasteiger partial charge in [0.2, 0.25) is 0 Å². The fourth-order valence-corrected chi connectivity index (χ4v) is 7.79. The molecule has 1 saturated carbocycles. The fourth-order valence-electron chi connectivity index (χ4n) is 3.17. The number of rotatable bonds is 6. The Morgan fingerprint density at radius 2 is 1.88 bits per heavy atom. The molecule has 0 aliphatic heterocycles. The third-order valence-corrected chi connectivity index (χ3v) is 8.87. The maximum Gasteiger partial charge on any atom is 0.252 e. The van der Waals surface area contributed by atoms with Crippen LogP contribution in [0.15, 0.2) is 33.1 Å². The molecule has 0 heterocycles. The van der Waals surface area contributed by atoms with Crippen LogP contribution >= 0.6 is 15.9 Å². The minimum atomic E-state index is -3.35. The van der Waals surface area contributed by atoms with Gasteiger partial charge in [0.15, 0.2) is 0 Å². The molecular formula is C19H30BrNO2SSi. The van der Waals surface area contributed by atoms with Gasteiger partial charge in [0, 0.05) is 24.2 Å². The fraction of sp³-hybridized carbons (Fsp3) is 0.632. The highest BCUT2D eigenvalue weighted by Gasteiger charge is 2.24. The van der Waals surface area contributed by atoms with Gasteiger partial charge in [-0.2, -0.15) is 4.40 Å². The zero-order valence-corrected chi connectivity index (χ0v) is 19.0. The molecule has 25 heavy (non-hydrogen) atoms. The number of hydrogen-bond acceptors (Lipinski definition) is 2. The molecule has 2 rings (SSSR count). The number of sulfonamides is 1. The summed E-state index contributed by atoms with van der Waals surface area (Å²) in [5, 5.41) is 0. The zero-order valence-electron chi connectivity index (χ0n) is 15.6. The average Bonchev–Trinajstić information content (AvgIpc) is 2.72. The van der Waals surface area contributed by atoms with E-state index in [1.807, 2.05) is 18.2 Å². The first kappa shape index (κ1) is 20.8. The summed E-state index contributed by atoms with van der Waals surface area (Å²) in [4.78, 5) is 0. The number of hydrogen-bond donors (Lipinski definition) is 0. The summed E-state index contributed by atoms with van der Waals surface area (Å²) >= 11 is 3.62. The Bertz CT molecular complexity index is 710. The van der Waals surface area contributed by atoms with Crippen molar-refractivity contribution in [1.82, 2.24) is 0 Å². The minimum absolute atomic E-state index is 0.202. The van der Waals surface area contributed by atoms with Crippen molar-refractivity contribution in [2.75, 3.05) is 5.75 Å². The first-order chi connectivity index (χ1) is 11.7. The average molecular weight is 445 g/mol. The molecule has 1 unspecified atom stereocenters. The molecule has 6 heteroatoms. The van der Waals surface area contributed by atoms with Gasteiger partial charge in [0.1, 0.15) is 0 Å². The van der Waals surface area contributed by atoms with Crippen molar-refractivity contribution < 1.29 is 8.42 Å². The third kappa shape index (κ3) is 7.35. The Morgan fingerprint density at radius 1 is 1.16 bits per heavy atom. The van der Waals surface area contributed by atoms with Gasteiger partial charge in [0.25, 0.3) is 10.0 Å². The summed E-state index contributed by atoms with van der Waals surface area (Å²) in [6.45, 7) is 6.62. The molecule has 1 aromatic rings. The van der Waals surface area contributed by atoms with Crippen molar-refractivity contribution in [3.05, 3.63) is 34.3 Å². The molecule has 0 bridgehead atoms. The van der Waals surface area contributed by atoms with Gasteiger partial charge in [-0.15, -0.1) is 0 Å². The standard InChI is InChI=1S/C19H30BrNO2SSi/c1-25(2,3)14-13-24(22,23)21-19-12-6-4-5-10-17(19)15-16-9-7-8-11-18(16)20/h7-9,11,17H,4-6,10,12-15H2,1-3H3/b21-19+. The summed E-state index contributed by atoms with van der Waals surface area (Å²) in [6, 6.07) is 9.00. The second-order valence-corrected chi connectivity index (χ2v) is 16.5. The van der Waals surface area contributed by atoms with E-state index < -0.39 is 18.1 Å². The number of benzene rings is 1. The van der Waals surface area contributed by atoms with Crippen LogP contribution < -0.4 is 0 Å². The molecule has 0 N–H and O–H groups in total. The molecular weight excluding hydrogens is 414 g/mol. The van der Waals surface area contributed by atoms with Crippen LogP contribution in [0.3, 0.4) is 0 Å². The van der Waals surface area contributed by atoms with Gasteiger partial charge in [-0.1, -0.05) is 66.6 Å². The van der Waals surface area contributed by atoms with Crippen LogP contribution in [0.1, 0.15) is 37.7 Å². The molecule has 3 nitrogen and oxygen atoms in total. The highest BCUT2D eigenvalue weighted by atomic mass is 79.9. The zero-order chi connectivity index (χ0) is 18.5. The molecule has 0 amide bonds. The van der Waals surface area contributed by atoms with Gasteiger partial charge in [-0.05, 0) is 43.4 Å². The van der Waals surface area contributed by atoms with Crippen LogP contribution in [0.25, 0.3) is 0 Å². The van der Waals surface area contributed by atoms with E-state index in [0.717, 1.165) is 48.3 Å². The van der Waals surface area contributed by atoms with Crippen molar-refractivity contribution >= 4 is 39.7 Å². The monoisotopic (exact) mass is 443 g/mol. The van der Waals surface area contributed by atoms with Crippen molar-refractivity contribution in [2.45, 2.75) is 64.2 Å². The van der Waals surface area contributed by atoms with Gasteiger partial charge in [-0.3, -0.25) is 0 Å². The molecule has 1 atom stereocenters. The molecule has 0 spiro atoms. The van der Waals surface area contributed by atoms with Crippen LogP contribution in [0.4, 0.5) is 0 Å². The molecule has 0 saturated heterocycles. The molecule has 140 valence electrons. The highest BCUT2D eigenvalue weighted by Crippen LogP contribution is 2.28. The van der Waals surface area contributed by atoms with Crippen LogP contribution in [0.5, 0.6) is 0 Å². The second kappa shape index (κ2) is 8.96. The topological polar surface area (TPSA) is 46.5 Å². The highest BCUT2D eigenvalue weighted by molar-refractivity contribution is 9.10. The largest absolute Gasteiger partial charge is 0.252 e. The molecule has 0 aromatic heterocycles. The van der Waals surface area contributed by atoms with E-state index in [1.54, 1.807) is 0 Å². The molecule has 0 radical (unpaired) electrons. The predicted molar refractivity (Wildman–Crippen MR) is 114 cm³/mol. The van der Waals surface area contributed by atoms with Crippen molar-refractivity contribution in [3.8, 4) is 0 Å². The SMILES string of the molecule is C[Si](C)(C)CCS(=O)(=O)/N=C1\CCCCCC1Cc1ccccc1Br. The van der Waals surface area contributed by atoms with Gasteiger partial charge >= 0.3 is 0 Å². The van der Waals surface area contributed by atoms with Gasteiger partial charge in [-0.25, -0.2) is 8.42 Å². The summed E-state index contributed by atoms with van der Waals surface area (Å²) in [7, 11) is -4.74. The Kier molecular flexibility index (Phi) is 7.47. The van der Waals surface area contributed by atoms with Crippen LogP contribution in [0, 0.1) is 5.92 Å². The minimum Gasteiger partial charge on any atom is -0.205 e. The van der Waals surface area contributed by atoms with Crippen LogP contribution in [-0.4, -0.2) is 28.0 Å². The lowest BCUT2D eigenvalue weighted by Gasteiger charge is -2.18. The summed E-state index contributed by atoms with van der Waals surface area (Å²) in [5.74, 6) is 0.441. The summed E-state index contributed by atoms with van der Waals surface area (Å²) < 4.78 is 30.5. The third-order valence-electron chi connectivity index (χ3n) is 4.75. The second-order valence-electron chi connectivity index (χ2n) is 8.27. The van der Waals surface area contributed by atoms with Crippen molar-refractivity contribution in [1.29, 1.82) is 0 Å². The Morgan fingerprint density at radius 3 is 2.56 bits per heavy atom. The maximum atomic E-state index is 12.5. The van der Waals surface area contributed by atoms with Crippen LogP contribution in [0.2, 0.25) is 25.7 Å². The van der Waals surface area contributed by atoms with E-state index in [4.69, 9.17) is 0 Å². The van der Waals surface area contributed by atoms with Crippen LogP contribution in [-0.2, 0) is 16.4 Å². The maximum absolute atomic E-state index is 12.5. The molecule has 1 fully saturated rings. The van der Waals surface area contributed by atoms with E-state index in [1.165, 1.54) is 12.0 Å². The lowest BCUT2D eigenvalue weighted by atomic mass is 9.91. The Balaban J connectivity index is 2.20. The predicted octanol–water partition coefficient (Wildman–Crippen LogP) is 5.68. The molecule has 1 aliphatic carbocycles. The summed E-state index contributed by atoms with van der Waals surface area (Å²) in [6.07, 6.45) is 6.09. The number of nitrogens with zero attached hydrogens (tertiary/aromatic N) is 1. The molecule has 1 aromatic carbocycles. The summed E-state index contributed by atoms with van der Waals surface area (Å²) in [5.41, 5.74) is 2.14. The normalized spacial score (nSPS) is 21.3. The van der Waals surface area contributed by atoms with Gasteiger partial charge < -0.3 is 0 Å². The Hall–Kier alpha value is -0.463. The van der Waals surface area contributed by atoms with E-state index in [9.17, 15) is 8.42 Å². The van der Waals surface area contributed by atoms with Crippen molar-refractivity contribution in [3.63, 3.8) is 0 Å².